The highest BCUT2D eigenvalue weighted by molar-refractivity contribution is 6.42. The van der Waals surface area contributed by atoms with Gasteiger partial charge in [0.1, 0.15) is 6.61 Å². The van der Waals surface area contributed by atoms with Crippen LogP contribution in [0, 0.1) is 0 Å². The number of Topliss-reactive ketones (excluding diaryl/α,β-unsaturated/α-hetero) is 1. The zero-order chi connectivity index (χ0) is 16.8. The van der Waals surface area contributed by atoms with Gasteiger partial charge in [-0.25, -0.2) is 0 Å². The molecule has 2 rings (SSSR count). The molecule has 0 radical (unpaired) electrons. The number of hydrogen-bond donors (Lipinski definition) is 0. The van der Waals surface area contributed by atoms with Crippen LogP contribution in [-0.4, -0.2) is 12.0 Å². The van der Waals surface area contributed by atoms with Crippen molar-refractivity contribution in [3.05, 3.63) is 67.6 Å². The first-order chi connectivity index (χ1) is 11.0. The van der Waals surface area contributed by atoms with E-state index in [9.17, 15) is 4.79 Å². The lowest BCUT2D eigenvalue weighted by Crippen LogP contribution is -2.00. The van der Waals surface area contributed by atoms with E-state index in [0.717, 1.165) is 5.56 Å². The molecule has 0 heterocycles. The van der Waals surface area contributed by atoms with Crippen LogP contribution in [-0.2, 0) is 11.4 Å². The monoisotopic (exact) mass is 389 g/mol. The van der Waals surface area contributed by atoms with Crippen LogP contribution in [0.1, 0.15) is 22.3 Å². The second-order valence-electron chi connectivity index (χ2n) is 4.55. The molecule has 0 aliphatic carbocycles. The standard InChI is InChI=1S/C16H11Cl4NO2/c17-12-3-1-11(14(19)8-12)9-23-21-6-5-16(22)10-2-4-13(18)15(20)7-10/h1-4,6-8H,5,9H2/b21-6+. The highest BCUT2D eigenvalue weighted by atomic mass is 35.5. The molecule has 0 aromatic heterocycles. The van der Waals surface area contributed by atoms with Gasteiger partial charge >= 0.3 is 0 Å². The Morgan fingerprint density at radius 2 is 1.78 bits per heavy atom. The van der Waals surface area contributed by atoms with Gasteiger partial charge in [-0.3, -0.25) is 4.79 Å². The minimum absolute atomic E-state index is 0.0896. The Kier molecular flexibility index (Phi) is 6.72. The second-order valence-corrected chi connectivity index (χ2v) is 6.21. The number of rotatable bonds is 6. The van der Waals surface area contributed by atoms with Gasteiger partial charge in [0.25, 0.3) is 0 Å². The number of carbonyl (C=O) groups is 1. The molecule has 0 bridgehead atoms. The molecule has 2 aromatic carbocycles. The summed E-state index contributed by atoms with van der Waals surface area (Å²) >= 11 is 23.5. The summed E-state index contributed by atoms with van der Waals surface area (Å²) < 4.78 is 0. The highest BCUT2D eigenvalue weighted by Crippen LogP contribution is 2.23. The van der Waals surface area contributed by atoms with Crippen molar-refractivity contribution in [2.24, 2.45) is 5.16 Å². The number of carbonyl (C=O) groups excluding carboxylic acids is 1. The van der Waals surface area contributed by atoms with Crippen LogP contribution < -0.4 is 0 Å². The summed E-state index contributed by atoms with van der Waals surface area (Å²) in [6, 6.07) is 9.80. The Hall–Kier alpha value is -1.26. The summed E-state index contributed by atoms with van der Waals surface area (Å²) in [6.45, 7) is 0.188. The quantitative estimate of drug-likeness (QED) is 0.340. The van der Waals surface area contributed by atoms with Crippen LogP contribution in [0.25, 0.3) is 0 Å². The van der Waals surface area contributed by atoms with E-state index >= 15 is 0 Å². The summed E-state index contributed by atoms with van der Waals surface area (Å²) in [5, 5.41) is 5.53. The third-order valence-corrected chi connectivity index (χ3v) is 4.23. The third kappa shape index (κ3) is 5.40. The van der Waals surface area contributed by atoms with E-state index in [2.05, 4.69) is 5.16 Å². The lowest BCUT2D eigenvalue weighted by molar-refractivity contribution is 0.0996. The van der Waals surface area contributed by atoms with Crippen molar-refractivity contribution in [1.82, 2.24) is 0 Å². The molecule has 7 heteroatoms. The summed E-state index contributed by atoms with van der Waals surface area (Å²) in [7, 11) is 0. The van der Waals surface area contributed by atoms with Crippen molar-refractivity contribution in [3.8, 4) is 0 Å². The minimum Gasteiger partial charge on any atom is -0.391 e. The fraction of sp³-hybridized carbons (Fsp3) is 0.125. The van der Waals surface area contributed by atoms with Crippen LogP contribution >= 0.6 is 46.4 Å². The van der Waals surface area contributed by atoms with E-state index in [1.165, 1.54) is 12.3 Å². The number of hydrogen-bond acceptors (Lipinski definition) is 3. The number of halogens is 4. The number of ketones is 1. The molecule has 0 N–H and O–H groups in total. The fourth-order valence-corrected chi connectivity index (χ4v) is 2.47. The third-order valence-electron chi connectivity index (χ3n) is 2.90. The first-order valence-electron chi connectivity index (χ1n) is 6.53. The molecule has 2 aromatic rings. The molecule has 0 amide bonds. The Labute approximate surface area is 153 Å². The van der Waals surface area contributed by atoms with Gasteiger partial charge in [-0.15, -0.1) is 0 Å². The first kappa shape index (κ1) is 18.1. The molecule has 120 valence electrons. The maximum Gasteiger partial charge on any atom is 0.168 e. The Morgan fingerprint density at radius 3 is 2.48 bits per heavy atom. The summed E-state index contributed by atoms with van der Waals surface area (Å²) in [5.41, 5.74) is 1.22. The average molecular weight is 391 g/mol. The summed E-state index contributed by atoms with van der Waals surface area (Å²) in [6.07, 6.45) is 1.47. The van der Waals surface area contributed by atoms with Crippen LogP contribution in [0.5, 0.6) is 0 Å². The molecule has 0 spiro atoms. The van der Waals surface area contributed by atoms with Gasteiger partial charge in [-0.1, -0.05) is 57.6 Å². The average Bonchev–Trinajstić information content (AvgIpc) is 2.51. The molecule has 0 saturated carbocycles. The van der Waals surface area contributed by atoms with Gasteiger partial charge in [0.05, 0.1) is 16.3 Å². The second kappa shape index (κ2) is 8.55. The zero-order valence-corrected chi connectivity index (χ0v) is 14.8. The Bertz CT molecular complexity index is 747. The predicted octanol–water partition coefficient (Wildman–Crippen LogP) is 6.08. The van der Waals surface area contributed by atoms with Crippen LogP contribution in [0.4, 0.5) is 0 Å². The van der Waals surface area contributed by atoms with Crippen molar-refractivity contribution in [2.45, 2.75) is 13.0 Å². The van der Waals surface area contributed by atoms with Crippen LogP contribution in [0.15, 0.2) is 41.6 Å². The Morgan fingerprint density at radius 1 is 1.00 bits per heavy atom. The SMILES string of the molecule is O=C(C/C=N/OCc1ccc(Cl)cc1Cl)c1ccc(Cl)c(Cl)c1. The molecule has 23 heavy (non-hydrogen) atoms. The smallest absolute Gasteiger partial charge is 0.168 e. The van der Waals surface area contributed by atoms with Crippen LogP contribution in [0.2, 0.25) is 20.1 Å². The number of nitrogens with zero attached hydrogens (tertiary/aromatic N) is 1. The maximum atomic E-state index is 11.9. The van der Waals surface area contributed by atoms with Crippen molar-refractivity contribution >= 4 is 58.4 Å². The van der Waals surface area contributed by atoms with E-state index in [0.29, 0.717) is 25.7 Å². The minimum atomic E-state index is -0.138. The van der Waals surface area contributed by atoms with E-state index in [1.807, 2.05) is 0 Å². The van der Waals surface area contributed by atoms with E-state index < -0.39 is 0 Å². The van der Waals surface area contributed by atoms with E-state index in [4.69, 9.17) is 51.2 Å². The van der Waals surface area contributed by atoms with Crippen molar-refractivity contribution in [1.29, 1.82) is 0 Å². The van der Waals surface area contributed by atoms with Crippen molar-refractivity contribution in [2.75, 3.05) is 0 Å². The molecule has 0 saturated heterocycles. The van der Waals surface area contributed by atoms with Gasteiger partial charge in [0.15, 0.2) is 5.78 Å². The largest absolute Gasteiger partial charge is 0.391 e. The van der Waals surface area contributed by atoms with Crippen molar-refractivity contribution < 1.29 is 9.63 Å². The lowest BCUT2D eigenvalue weighted by atomic mass is 10.1. The zero-order valence-electron chi connectivity index (χ0n) is 11.7. The first-order valence-corrected chi connectivity index (χ1v) is 8.04. The number of benzene rings is 2. The molecular weight excluding hydrogens is 380 g/mol. The summed E-state index contributed by atoms with van der Waals surface area (Å²) in [4.78, 5) is 17.1. The molecule has 0 fully saturated rings. The predicted molar refractivity (Wildman–Crippen MR) is 95.2 cm³/mol. The normalized spacial score (nSPS) is 11.0. The Balaban J connectivity index is 1.84. The van der Waals surface area contributed by atoms with Gasteiger partial charge in [0, 0.05) is 27.6 Å². The maximum absolute atomic E-state index is 11.9. The van der Waals surface area contributed by atoms with E-state index in [1.54, 1.807) is 30.3 Å². The van der Waals surface area contributed by atoms with Crippen molar-refractivity contribution in [3.63, 3.8) is 0 Å². The van der Waals surface area contributed by atoms with Gasteiger partial charge in [-0.2, -0.15) is 0 Å². The fourth-order valence-electron chi connectivity index (χ4n) is 1.71. The van der Waals surface area contributed by atoms with Gasteiger partial charge < -0.3 is 4.84 Å². The molecular formula is C16H11Cl4NO2. The molecule has 0 unspecified atom stereocenters. The van der Waals surface area contributed by atoms with E-state index in [-0.39, 0.29) is 18.8 Å². The topological polar surface area (TPSA) is 38.7 Å². The molecule has 0 aliphatic rings. The molecule has 0 aliphatic heterocycles. The molecule has 0 atom stereocenters. The number of oxime groups is 1. The summed E-state index contributed by atoms with van der Waals surface area (Å²) in [5.74, 6) is -0.138. The molecule has 3 nitrogen and oxygen atoms in total. The highest BCUT2D eigenvalue weighted by Gasteiger charge is 2.07. The lowest BCUT2D eigenvalue weighted by Gasteiger charge is -2.03. The van der Waals surface area contributed by atoms with Crippen LogP contribution in [0.3, 0.4) is 0 Å². The van der Waals surface area contributed by atoms with Gasteiger partial charge in [0.2, 0.25) is 0 Å². The van der Waals surface area contributed by atoms with Gasteiger partial charge in [-0.05, 0) is 30.3 Å².